The predicted molar refractivity (Wildman–Crippen MR) is 56.3 cm³/mol. The topological polar surface area (TPSA) is 44.5 Å². The van der Waals surface area contributed by atoms with E-state index in [1.165, 1.54) is 0 Å². The molecule has 1 unspecified atom stereocenters. The molecular formula is C11H17NO2. The van der Waals surface area contributed by atoms with Crippen molar-refractivity contribution in [1.29, 1.82) is 0 Å². The molecule has 0 aromatic heterocycles. The molecule has 3 heteroatoms. The highest BCUT2D eigenvalue weighted by Crippen LogP contribution is 2.28. The second kappa shape index (κ2) is 4.98. The fourth-order valence-corrected chi connectivity index (χ4v) is 1.48. The van der Waals surface area contributed by atoms with Crippen molar-refractivity contribution in [3.63, 3.8) is 0 Å². The lowest BCUT2D eigenvalue weighted by Crippen LogP contribution is -2.08. The molecule has 0 aliphatic rings. The van der Waals surface area contributed by atoms with Gasteiger partial charge in [-0.05, 0) is 6.92 Å². The van der Waals surface area contributed by atoms with Crippen LogP contribution in [0.25, 0.3) is 0 Å². The number of hydrogen-bond acceptors (Lipinski definition) is 3. The number of hydrogen-bond donors (Lipinski definition) is 1. The maximum atomic E-state index is 5.83. The Hall–Kier alpha value is -1.06. The Morgan fingerprint density at radius 2 is 2.07 bits per heavy atom. The van der Waals surface area contributed by atoms with Crippen LogP contribution in [-0.2, 0) is 11.3 Å². The van der Waals surface area contributed by atoms with Crippen LogP contribution < -0.4 is 10.5 Å². The molecule has 1 rings (SSSR count). The Bertz CT molecular complexity index is 297. The van der Waals surface area contributed by atoms with E-state index in [0.29, 0.717) is 6.61 Å². The van der Waals surface area contributed by atoms with Crippen LogP contribution >= 0.6 is 0 Å². The van der Waals surface area contributed by atoms with Crippen molar-refractivity contribution < 1.29 is 9.47 Å². The zero-order valence-corrected chi connectivity index (χ0v) is 8.91. The molecule has 0 amide bonds. The highest BCUT2D eigenvalue weighted by Gasteiger charge is 2.11. The van der Waals surface area contributed by atoms with Crippen LogP contribution in [-0.4, -0.2) is 14.2 Å². The van der Waals surface area contributed by atoms with Crippen molar-refractivity contribution in [2.75, 3.05) is 14.2 Å². The molecule has 2 N–H and O–H groups in total. The standard InChI is InChI=1S/C11H17NO2/c1-8(12)10-6-4-5-9(7-13-2)11(10)14-3/h4-6,8H,7,12H2,1-3H3. The summed E-state index contributed by atoms with van der Waals surface area (Å²) in [6, 6.07) is 5.90. The predicted octanol–water partition coefficient (Wildman–Crippen LogP) is 1.86. The van der Waals surface area contributed by atoms with Gasteiger partial charge in [-0.25, -0.2) is 0 Å². The number of rotatable bonds is 4. The van der Waals surface area contributed by atoms with Crippen molar-refractivity contribution in [2.24, 2.45) is 5.73 Å². The molecule has 78 valence electrons. The summed E-state index contributed by atoms with van der Waals surface area (Å²) in [4.78, 5) is 0. The number of nitrogens with two attached hydrogens (primary N) is 1. The smallest absolute Gasteiger partial charge is 0.129 e. The highest BCUT2D eigenvalue weighted by atomic mass is 16.5. The summed E-state index contributed by atoms with van der Waals surface area (Å²) in [5.41, 5.74) is 7.88. The SMILES string of the molecule is COCc1cccc(C(C)N)c1OC. The Balaban J connectivity index is 3.11. The summed E-state index contributed by atoms with van der Waals surface area (Å²) in [6.07, 6.45) is 0. The van der Waals surface area contributed by atoms with E-state index in [9.17, 15) is 0 Å². The molecule has 0 saturated heterocycles. The Morgan fingerprint density at radius 1 is 1.36 bits per heavy atom. The van der Waals surface area contributed by atoms with Crippen molar-refractivity contribution in [1.82, 2.24) is 0 Å². The van der Waals surface area contributed by atoms with Gasteiger partial charge in [0.1, 0.15) is 5.75 Å². The van der Waals surface area contributed by atoms with Crippen molar-refractivity contribution in [3.05, 3.63) is 29.3 Å². The minimum absolute atomic E-state index is 0.0262. The Morgan fingerprint density at radius 3 is 2.57 bits per heavy atom. The van der Waals surface area contributed by atoms with Crippen LogP contribution in [0.1, 0.15) is 24.1 Å². The molecule has 3 nitrogen and oxygen atoms in total. The molecule has 0 heterocycles. The van der Waals surface area contributed by atoms with E-state index in [2.05, 4.69) is 0 Å². The van der Waals surface area contributed by atoms with Crippen LogP contribution in [0.2, 0.25) is 0 Å². The first-order valence-electron chi connectivity index (χ1n) is 4.61. The Kier molecular flexibility index (Phi) is 3.92. The van der Waals surface area contributed by atoms with Gasteiger partial charge in [0.05, 0.1) is 13.7 Å². The lowest BCUT2D eigenvalue weighted by molar-refractivity contribution is 0.181. The van der Waals surface area contributed by atoms with E-state index in [1.54, 1.807) is 14.2 Å². The van der Waals surface area contributed by atoms with E-state index in [1.807, 2.05) is 25.1 Å². The summed E-state index contributed by atoms with van der Waals surface area (Å²) in [6.45, 7) is 2.48. The third-order valence-corrected chi connectivity index (χ3v) is 2.12. The molecule has 0 fully saturated rings. The summed E-state index contributed by atoms with van der Waals surface area (Å²) in [5, 5.41) is 0. The summed E-state index contributed by atoms with van der Waals surface area (Å²) in [5.74, 6) is 0.837. The van der Waals surface area contributed by atoms with E-state index in [0.717, 1.165) is 16.9 Å². The van der Waals surface area contributed by atoms with Crippen molar-refractivity contribution in [3.8, 4) is 5.75 Å². The number of methoxy groups -OCH3 is 2. The lowest BCUT2D eigenvalue weighted by atomic mass is 10.0. The van der Waals surface area contributed by atoms with Gasteiger partial charge >= 0.3 is 0 Å². The fraction of sp³-hybridized carbons (Fsp3) is 0.455. The first-order valence-corrected chi connectivity index (χ1v) is 4.61. The summed E-state index contributed by atoms with van der Waals surface area (Å²) < 4.78 is 10.4. The molecule has 14 heavy (non-hydrogen) atoms. The van der Waals surface area contributed by atoms with Gasteiger partial charge in [0.25, 0.3) is 0 Å². The van der Waals surface area contributed by atoms with Gasteiger partial charge < -0.3 is 15.2 Å². The molecule has 0 aliphatic carbocycles. The van der Waals surface area contributed by atoms with Crippen LogP contribution in [0.4, 0.5) is 0 Å². The second-order valence-corrected chi connectivity index (χ2v) is 3.26. The normalized spacial score (nSPS) is 12.6. The second-order valence-electron chi connectivity index (χ2n) is 3.26. The molecule has 0 aliphatic heterocycles. The minimum Gasteiger partial charge on any atom is -0.496 e. The zero-order chi connectivity index (χ0) is 10.6. The average Bonchev–Trinajstić information content (AvgIpc) is 2.18. The minimum atomic E-state index is -0.0262. The fourth-order valence-electron chi connectivity index (χ4n) is 1.48. The number of para-hydroxylation sites is 1. The Labute approximate surface area is 84.8 Å². The third kappa shape index (κ3) is 2.25. The quantitative estimate of drug-likeness (QED) is 0.797. The number of benzene rings is 1. The lowest BCUT2D eigenvalue weighted by Gasteiger charge is -2.15. The van der Waals surface area contributed by atoms with Gasteiger partial charge in [-0.3, -0.25) is 0 Å². The van der Waals surface area contributed by atoms with Gasteiger partial charge in [-0.1, -0.05) is 18.2 Å². The average molecular weight is 195 g/mol. The van der Waals surface area contributed by atoms with Crippen molar-refractivity contribution >= 4 is 0 Å². The molecule has 1 atom stereocenters. The molecule has 0 bridgehead atoms. The molecule has 0 saturated carbocycles. The van der Waals surface area contributed by atoms with Gasteiger partial charge in [-0.15, -0.1) is 0 Å². The van der Waals surface area contributed by atoms with Gasteiger partial charge in [-0.2, -0.15) is 0 Å². The first-order chi connectivity index (χ1) is 6.70. The molecule has 0 radical (unpaired) electrons. The van der Waals surface area contributed by atoms with Crippen LogP contribution in [0.15, 0.2) is 18.2 Å². The third-order valence-electron chi connectivity index (χ3n) is 2.12. The summed E-state index contributed by atoms with van der Waals surface area (Å²) >= 11 is 0. The van der Waals surface area contributed by atoms with E-state index in [-0.39, 0.29) is 6.04 Å². The molecule has 1 aromatic rings. The van der Waals surface area contributed by atoms with Crippen LogP contribution in [0.3, 0.4) is 0 Å². The van der Waals surface area contributed by atoms with Gasteiger partial charge in [0.2, 0.25) is 0 Å². The highest BCUT2D eigenvalue weighted by molar-refractivity contribution is 5.42. The van der Waals surface area contributed by atoms with Gasteiger partial charge in [0.15, 0.2) is 0 Å². The van der Waals surface area contributed by atoms with Gasteiger partial charge in [0, 0.05) is 24.3 Å². The largest absolute Gasteiger partial charge is 0.496 e. The van der Waals surface area contributed by atoms with E-state index < -0.39 is 0 Å². The van der Waals surface area contributed by atoms with E-state index >= 15 is 0 Å². The molecular weight excluding hydrogens is 178 g/mol. The molecule has 1 aromatic carbocycles. The van der Waals surface area contributed by atoms with E-state index in [4.69, 9.17) is 15.2 Å². The van der Waals surface area contributed by atoms with Crippen molar-refractivity contribution in [2.45, 2.75) is 19.6 Å². The molecule has 0 spiro atoms. The summed E-state index contributed by atoms with van der Waals surface area (Å²) in [7, 11) is 3.32. The maximum Gasteiger partial charge on any atom is 0.129 e. The zero-order valence-electron chi connectivity index (χ0n) is 8.91. The van der Waals surface area contributed by atoms with Crippen LogP contribution in [0.5, 0.6) is 5.75 Å². The number of ether oxygens (including phenoxy) is 2. The monoisotopic (exact) mass is 195 g/mol. The first kappa shape index (κ1) is 11.0. The van der Waals surface area contributed by atoms with Crippen LogP contribution in [0, 0.1) is 0 Å². The maximum absolute atomic E-state index is 5.83.